The van der Waals surface area contributed by atoms with Gasteiger partial charge in [-0.3, -0.25) is 5.84 Å². The molecule has 0 spiro atoms. The smallest absolute Gasteiger partial charge is 0.0443 e. The fourth-order valence-corrected chi connectivity index (χ4v) is 0.673. The molecular weight excluding hydrogens is 116 g/mol. The highest BCUT2D eigenvalue weighted by atomic mass is 16.3. The number of aliphatic hydroxyl groups is 1. The molecule has 0 aliphatic carbocycles. The summed E-state index contributed by atoms with van der Waals surface area (Å²) in [6.07, 6.45) is 1.85. The predicted molar refractivity (Wildman–Crippen MR) is 37.8 cm³/mol. The molecule has 0 rings (SSSR count). The van der Waals surface area contributed by atoms with Gasteiger partial charge in [0.1, 0.15) is 0 Å². The van der Waals surface area contributed by atoms with E-state index in [4.69, 9.17) is 10.9 Å². The van der Waals surface area contributed by atoms with Crippen molar-refractivity contribution in [3.63, 3.8) is 0 Å². The number of hydrazine groups is 1. The van der Waals surface area contributed by atoms with Crippen LogP contribution in [-0.4, -0.2) is 29.8 Å². The summed E-state index contributed by atoms with van der Waals surface area (Å²) in [5.74, 6) is 5.49. The molecule has 0 saturated heterocycles. The maximum atomic E-state index is 8.40. The topological polar surface area (TPSA) is 49.5 Å². The summed E-state index contributed by atoms with van der Waals surface area (Å²) in [4.78, 5) is 0. The van der Waals surface area contributed by atoms with Crippen LogP contribution in [0.25, 0.3) is 0 Å². The maximum Gasteiger partial charge on any atom is 0.0443 e. The summed E-state index contributed by atoms with van der Waals surface area (Å²) in [5, 5.41) is 10.1. The SMILES string of the molecule is CCCN(N)CCCO. The maximum absolute atomic E-state index is 8.40. The van der Waals surface area contributed by atoms with E-state index in [1.807, 2.05) is 0 Å². The van der Waals surface area contributed by atoms with Crippen LogP contribution < -0.4 is 5.84 Å². The van der Waals surface area contributed by atoms with Crippen LogP contribution in [0.4, 0.5) is 0 Å². The van der Waals surface area contributed by atoms with Gasteiger partial charge in [-0.1, -0.05) is 6.92 Å². The summed E-state index contributed by atoms with van der Waals surface area (Å²) >= 11 is 0. The molecule has 3 heteroatoms. The van der Waals surface area contributed by atoms with Gasteiger partial charge < -0.3 is 5.11 Å². The van der Waals surface area contributed by atoms with Gasteiger partial charge in [-0.15, -0.1) is 0 Å². The predicted octanol–water partition coefficient (Wildman–Crippen LogP) is -0.0455. The van der Waals surface area contributed by atoms with E-state index in [1.165, 1.54) is 0 Å². The van der Waals surface area contributed by atoms with Crippen molar-refractivity contribution in [2.24, 2.45) is 5.84 Å². The molecular formula is C6H16N2O. The highest BCUT2D eigenvalue weighted by Crippen LogP contribution is 1.84. The van der Waals surface area contributed by atoms with Crippen molar-refractivity contribution in [1.82, 2.24) is 5.01 Å². The van der Waals surface area contributed by atoms with Crippen LogP contribution in [-0.2, 0) is 0 Å². The molecule has 0 aromatic carbocycles. The zero-order chi connectivity index (χ0) is 7.11. The van der Waals surface area contributed by atoms with Crippen molar-refractivity contribution in [1.29, 1.82) is 0 Å². The third-order valence-electron chi connectivity index (χ3n) is 1.11. The average molecular weight is 132 g/mol. The molecule has 0 radical (unpaired) electrons. The van der Waals surface area contributed by atoms with E-state index in [2.05, 4.69) is 6.92 Å². The molecule has 0 aliphatic rings. The molecule has 0 aromatic heterocycles. The van der Waals surface area contributed by atoms with E-state index in [1.54, 1.807) is 5.01 Å². The Hall–Kier alpha value is -0.120. The van der Waals surface area contributed by atoms with Crippen LogP contribution in [0.15, 0.2) is 0 Å². The Morgan fingerprint density at radius 2 is 2.11 bits per heavy atom. The fraction of sp³-hybridized carbons (Fsp3) is 1.00. The van der Waals surface area contributed by atoms with Crippen LogP contribution in [0.5, 0.6) is 0 Å². The number of hydrogen-bond acceptors (Lipinski definition) is 3. The fourth-order valence-electron chi connectivity index (χ4n) is 0.673. The van der Waals surface area contributed by atoms with Crippen molar-refractivity contribution in [3.8, 4) is 0 Å². The van der Waals surface area contributed by atoms with Crippen molar-refractivity contribution in [3.05, 3.63) is 0 Å². The van der Waals surface area contributed by atoms with E-state index in [9.17, 15) is 0 Å². The van der Waals surface area contributed by atoms with Gasteiger partial charge in [0, 0.05) is 19.7 Å². The van der Waals surface area contributed by atoms with Crippen LogP contribution in [0.1, 0.15) is 19.8 Å². The van der Waals surface area contributed by atoms with Gasteiger partial charge >= 0.3 is 0 Å². The summed E-state index contributed by atoms with van der Waals surface area (Å²) in [6, 6.07) is 0. The minimum Gasteiger partial charge on any atom is -0.396 e. The molecule has 0 aliphatic heterocycles. The Balaban J connectivity index is 2.95. The second kappa shape index (κ2) is 6.01. The molecule has 0 amide bonds. The summed E-state index contributed by atoms with van der Waals surface area (Å²) in [6.45, 7) is 4.03. The molecule has 56 valence electrons. The van der Waals surface area contributed by atoms with Crippen molar-refractivity contribution < 1.29 is 5.11 Å². The minimum atomic E-state index is 0.234. The molecule has 9 heavy (non-hydrogen) atoms. The lowest BCUT2D eigenvalue weighted by Crippen LogP contribution is -2.32. The number of rotatable bonds is 5. The summed E-state index contributed by atoms with van der Waals surface area (Å²) in [7, 11) is 0. The molecule has 0 fully saturated rings. The number of nitrogens with two attached hydrogens (primary N) is 1. The van der Waals surface area contributed by atoms with Crippen molar-refractivity contribution >= 4 is 0 Å². The lowest BCUT2D eigenvalue weighted by Gasteiger charge is -2.13. The Morgan fingerprint density at radius 1 is 1.44 bits per heavy atom. The molecule has 0 bridgehead atoms. The van der Waals surface area contributed by atoms with Gasteiger partial charge in [-0.25, -0.2) is 5.01 Å². The number of aliphatic hydroxyl groups excluding tert-OH is 1. The quantitative estimate of drug-likeness (QED) is 0.407. The first-order chi connectivity index (χ1) is 4.31. The van der Waals surface area contributed by atoms with Gasteiger partial charge in [0.25, 0.3) is 0 Å². The first-order valence-corrected chi connectivity index (χ1v) is 3.41. The van der Waals surface area contributed by atoms with Crippen LogP contribution in [0, 0.1) is 0 Å². The van der Waals surface area contributed by atoms with Crippen molar-refractivity contribution in [2.45, 2.75) is 19.8 Å². The second-order valence-electron chi connectivity index (χ2n) is 2.11. The average Bonchev–Trinajstić information content (AvgIpc) is 1.85. The molecule has 0 unspecified atom stereocenters. The van der Waals surface area contributed by atoms with E-state index in [-0.39, 0.29) is 6.61 Å². The lowest BCUT2D eigenvalue weighted by atomic mass is 10.4. The highest BCUT2D eigenvalue weighted by molar-refractivity contribution is 4.45. The zero-order valence-corrected chi connectivity index (χ0v) is 6.01. The summed E-state index contributed by atoms with van der Waals surface area (Å²) in [5.41, 5.74) is 0. The van der Waals surface area contributed by atoms with E-state index in [0.29, 0.717) is 0 Å². The zero-order valence-electron chi connectivity index (χ0n) is 6.01. The van der Waals surface area contributed by atoms with E-state index < -0.39 is 0 Å². The standard InChI is InChI=1S/C6H16N2O/c1-2-4-8(7)5-3-6-9/h9H,2-7H2,1H3. The van der Waals surface area contributed by atoms with Crippen molar-refractivity contribution in [2.75, 3.05) is 19.7 Å². The largest absolute Gasteiger partial charge is 0.396 e. The van der Waals surface area contributed by atoms with Gasteiger partial charge in [0.15, 0.2) is 0 Å². The molecule has 0 saturated carbocycles. The Kier molecular flexibility index (Phi) is 5.93. The molecule has 0 aromatic rings. The normalized spacial score (nSPS) is 10.7. The first-order valence-electron chi connectivity index (χ1n) is 3.41. The number of hydrogen-bond donors (Lipinski definition) is 2. The Bertz CT molecular complexity index is 59.0. The molecule has 0 heterocycles. The molecule has 3 N–H and O–H groups in total. The van der Waals surface area contributed by atoms with Crippen LogP contribution in [0.2, 0.25) is 0 Å². The van der Waals surface area contributed by atoms with Crippen LogP contribution in [0.3, 0.4) is 0 Å². The number of nitrogens with zero attached hydrogens (tertiary/aromatic N) is 1. The lowest BCUT2D eigenvalue weighted by molar-refractivity contribution is 0.227. The van der Waals surface area contributed by atoms with Gasteiger partial charge in [0.2, 0.25) is 0 Å². The summed E-state index contributed by atoms with van der Waals surface area (Å²) < 4.78 is 0. The Labute approximate surface area is 56.4 Å². The highest BCUT2D eigenvalue weighted by Gasteiger charge is 1.93. The monoisotopic (exact) mass is 132 g/mol. The molecule has 3 nitrogen and oxygen atoms in total. The second-order valence-corrected chi connectivity index (χ2v) is 2.11. The molecule has 0 atom stereocenters. The van der Waals surface area contributed by atoms with Crippen LogP contribution >= 0.6 is 0 Å². The van der Waals surface area contributed by atoms with E-state index >= 15 is 0 Å². The third-order valence-corrected chi connectivity index (χ3v) is 1.11. The first kappa shape index (κ1) is 8.88. The van der Waals surface area contributed by atoms with Gasteiger partial charge in [-0.05, 0) is 12.8 Å². The third kappa shape index (κ3) is 5.76. The minimum absolute atomic E-state index is 0.234. The van der Waals surface area contributed by atoms with Gasteiger partial charge in [-0.2, -0.15) is 0 Å². The van der Waals surface area contributed by atoms with E-state index in [0.717, 1.165) is 25.9 Å². The Morgan fingerprint density at radius 3 is 2.56 bits per heavy atom. The van der Waals surface area contributed by atoms with Gasteiger partial charge in [0.05, 0.1) is 0 Å².